The molecule has 0 saturated carbocycles. The van der Waals surface area contributed by atoms with Gasteiger partial charge in [0.25, 0.3) is 0 Å². The Kier molecular flexibility index (Phi) is 5.04. The number of likely N-dealkylation sites (N-methyl/N-ethyl adjacent to an activating group) is 1. The molecule has 1 aromatic carbocycles. The van der Waals surface area contributed by atoms with Crippen LogP contribution in [-0.2, 0) is 4.74 Å². The molecule has 6 heteroatoms. The standard InChI is InChI=1S/C17H28N4O2/c1-17(2,3)23-16(22)19-14-10-12(18)6-7-15(14)21-9-8-13(11-21)20(4)5/h6-7,10,13H,8-9,11,18H2,1-5H3,(H,19,22)/t13-/m0/s1. The molecule has 0 aromatic heterocycles. The number of benzene rings is 1. The Labute approximate surface area is 138 Å². The molecule has 1 saturated heterocycles. The molecule has 1 aliphatic heterocycles. The highest BCUT2D eigenvalue weighted by atomic mass is 16.6. The van der Waals surface area contributed by atoms with Crippen molar-refractivity contribution in [2.45, 2.75) is 38.8 Å². The summed E-state index contributed by atoms with van der Waals surface area (Å²) in [6.07, 6.45) is 0.635. The molecule has 0 radical (unpaired) electrons. The normalized spacial score (nSPS) is 18.3. The van der Waals surface area contributed by atoms with Gasteiger partial charge in [-0.3, -0.25) is 5.32 Å². The van der Waals surface area contributed by atoms with Gasteiger partial charge in [-0.1, -0.05) is 0 Å². The van der Waals surface area contributed by atoms with Crippen LogP contribution in [0.3, 0.4) is 0 Å². The molecule has 1 amide bonds. The zero-order valence-electron chi connectivity index (χ0n) is 14.7. The fourth-order valence-corrected chi connectivity index (χ4v) is 2.73. The minimum Gasteiger partial charge on any atom is -0.444 e. The van der Waals surface area contributed by atoms with E-state index >= 15 is 0 Å². The molecule has 1 fully saturated rings. The maximum Gasteiger partial charge on any atom is 0.412 e. The molecule has 1 aliphatic rings. The van der Waals surface area contributed by atoms with E-state index in [1.807, 2.05) is 32.9 Å². The van der Waals surface area contributed by atoms with Crippen LogP contribution in [0, 0.1) is 0 Å². The van der Waals surface area contributed by atoms with E-state index in [-0.39, 0.29) is 0 Å². The van der Waals surface area contributed by atoms with Crippen LogP contribution in [0.5, 0.6) is 0 Å². The topological polar surface area (TPSA) is 70.8 Å². The molecule has 2 rings (SSSR count). The number of nitrogens with one attached hydrogen (secondary N) is 1. The maximum atomic E-state index is 12.1. The van der Waals surface area contributed by atoms with Crippen molar-refractivity contribution in [3.8, 4) is 0 Å². The molecule has 3 N–H and O–H groups in total. The summed E-state index contributed by atoms with van der Waals surface area (Å²) in [5.41, 5.74) is 7.64. The van der Waals surface area contributed by atoms with Crippen LogP contribution < -0.4 is 16.0 Å². The van der Waals surface area contributed by atoms with Crippen LogP contribution in [-0.4, -0.2) is 49.8 Å². The zero-order chi connectivity index (χ0) is 17.2. The molecule has 0 spiro atoms. The van der Waals surface area contributed by atoms with E-state index in [0.717, 1.165) is 25.2 Å². The monoisotopic (exact) mass is 320 g/mol. The lowest BCUT2D eigenvalue weighted by molar-refractivity contribution is 0.0636. The molecule has 0 aliphatic carbocycles. The average molecular weight is 320 g/mol. The van der Waals surface area contributed by atoms with Gasteiger partial charge in [0.05, 0.1) is 11.4 Å². The highest BCUT2D eigenvalue weighted by molar-refractivity contribution is 5.91. The molecular formula is C17H28N4O2. The second-order valence-electron chi connectivity index (χ2n) is 7.26. The number of hydrogen-bond acceptors (Lipinski definition) is 5. The second-order valence-corrected chi connectivity index (χ2v) is 7.26. The summed E-state index contributed by atoms with van der Waals surface area (Å²) in [5.74, 6) is 0. The quantitative estimate of drug-likeness (QED) is 0.838. The Morgan fingerprint density at radius 3 is 2.65 bits per heavy atom. The second kappa shape index (κ2) is 6.66. The first-order valence-corrected chi connectivity index (χ1v) is 7.96. The van der Waals surface area contributed by atoms with Crippen molar-refractivity contribution in [3.63, 3.8) is 0 Å². The van der Waals surface area contributed by atoms with Gasteiger partial charge < -0.3 is 20.3 Å². The molecule has 1 atom stereocenters. The number of hydrogen-bond donors (Lipinski definition) is 2. The van der Waals surface area contributed by atoms with Crippen LogP contribution >= 0.6 is 0 Å². The fourth-order valence-electron chi connectivity index (χ4n) is 2.73. The molecule has 6 nitrogen and oxygen atoms in total. The van der Waals surface area contributed by atoms with Gasteiger partial charge in [-0.25, -0.2) is 4.79 Å². The molecule has 1 aromatic rings. The van der Waals surface area contributed by atoms with Gasteiger partial charge in [-0.05, 0) is 59.5 Å². The van der Waals surface area contributed by atoms with Gasteiger partial charge in [0, 0.05) is 24.8 Å². The summed E-state index contributed by atoms with van der Waals surface area (Å²) < 4.78 is 5.34. The Morgan fingerprint density at radius 2 is 2.09 bits per heavy atom. The van der Waals surface area contributed by atoms with Gasteiger partial charge >= 0.3 is 6.09 Å². The number of carbonyl (C=O) groups is 1. The van der Waals surface area contributed by atoms with E-state index in [4.69, 9.17) is 10.5 Å². The van der Waals surface area contributed by atoms with Crippen molar-refractivity contribution in [1.82, 2.24) is 4.90 Å². The van der Waals surface area contributed by atoms with Crippen molar-refractivity contribution in [2.75, 3.05) is 43.1 Å². The highest BCUT2D eigenvalue weighted by Gasteiger charge is 2.26. The predicted molar refractivity (Wildman–Crippen MR) is 95.0 cm³/mol. The molecule has 1 heterocycles. The predicted octanol–water partition coefficient (Wildman–Crippen LogP) is 2.76. The van der Waals surface area contributed by atoms with Gasteiger partial charge in [-0.2, -0.15) is 0 Å². The Bertz CT molecular complexity index is 566. The van der Waals surface area contributed by atoms with Crippen molar-refractivity contribution < 1.29 is 9.53 Å². The van der Waals surface area contributed by atoms with Crippen LogP contribution in [0.15, 0.2) is 18.2 Å². The third-order valence-electron chi connectivity index (χ3n) is 3.89. The average Bonchev–Trinajstić information content (AvgIpc) is 2.86. The van der Waals surface area contributed by atoms with E-state index in [9.17, 15) is 4.79 Å². The molecule has 0 bridgehead atoms. The first-order valence-electron chi connectivity index (χ1n) is 7.96. The maximum absolute atomic E-state index is 12.1. The zero-order valence-corrected chi connectivity index (χ0v) is 14.7. The Balaban J connectivity index is 2.16. The number of nitrogen functional groups attached to an aromatic ring is 1. The van der Waals surface area contributed by atoms with E-state index in [0.29, 0.717) is 17.4 Å². The largest absolute Gasteiger partial charge is 0.444 e. The number of rotatable bonds is 3. The first kappa shape index (κ1) is 17.4. The van der Waals surface area contributed by atoms with Crippen molar-refractivity contribution in [2.24, 2.45) is 0 Å². The number of ether oxygens (including phenoxy) is 1. The third-order valence-corrected chi connectivity index (χ3v) is 3.89. The summed E-state index contributed by atoms with van der Waals surface area (Å²) in [5, 5.41) is 2.83. The van der Waals surface area contributed by atoms with Crippen molar-refractivity contribution in [1.29, 1.82) is 0 Å². The van der Waals surface area contributed by atoms with E-state index in [1.165, 1.54) is 0 Å². The van der Waals surface area contributed by atoms with Crippen LogP contribution in [0.1, 0.15) is 27.2 Å². The third kappa shape index (κ3) is 4.76. The Hall–Kier alpha value is -1.95. The van der Waals surface area contributed by atoms with Crippen molar-refractivity contribution in [3.05, 3.63) is 18.2 Å². The number of amides is 1. The molecular weight excluding hydrogens is 292 g/mol. The van der Waals surface area contributed by atoms with E-state index in [1.54, 1.807) is 6.07 Å². The van der Waals surface area contributed by atoms with Gasteiger partial charge in [0.1, 0.15) is 5.60 Å². The molecule has 23 heavy (non-hydrogen) atoms. The van der Waals surface area contributed by atoms with Crippen LogP contribution in [0.4, 0.5) is 21.9 Å². The number of anilines is 3. The van der Waals surface area contributed by atoms with Gasteiger partial charge in [0.15, 0.2) is 0 Å². The molecule has 128 valence electrons. The highest BCUT2D eigenvalue weighted by Crippen LogP contribution is 2.32. The lowest BCUT2D eigenvalue weighted by Crippen LogP contribution is -2.32. The summed E-state index contributed by atoms with van der Waals surface area (Å²) in [6, 6.07) is 6.11. The van der Waals surface area contributed by atoms with Gasteiger partial charge in [0.2, 0.25) is 0 Å². The lowest BCUT2D eigenvalue weighted by Gasteiger charge is -2.25. The summed E-state index contributed by atoms with van der Waals surface area (Å²) >= 11 is 0. The van der Waals surface area contributed by atoms with Crippen molar-refractivity contribution >= 4 is 23.2 Å². The summed E-state index contributed by atoms with van der Waals surface area (Å²) in [7, 11) is 4.19. The number of nitrogens with zero attached hydrogens (tertiary/aromatic N) is 2. The Morgan fingerprint density at radius 1 is 1.39 bits per heavy atom. The summed E-state index contributed by atoms with van der Waals surface area (Å²) in [6.45, 7) is 7.41. The van der Waals surface area contributed by atoms with Crippen LogP contribution in [0.25, 0.3) is 0 Å². The van der Waals surface area contributed by atoms with E-state index in [2.05, 4.69) is 29.2 Å². The summed E-state index contributed by atoms with van der Waals surface area (Å²) in [4.78, 5) is 16.6. The molecule has 0 unspecified atom stereocenters. The minimum absolute atomic E-state index is 0.465. The van der Waals surface area contributed by atoms with E-state index < -0.39 is 11.7 Å². The lowest BCUT2D eigenvalue weighted by atomic mass is 10.2. The minimum atomic E-state index is -0.533. The first-order chi connectivity index (χ1) is 10.7. The van der Waals surface area contributed by atoms with Crippen LogP contribution in [0.2, 0.25) is 0 Å². The fraction of sp³-hybridized carbons (Fsp3) is 0.588. The smallest absolute Gasteiger partial charge is 0.412 e. The number of carbonyl (C=O) groups excluding carboxylic acids is 1. The number of nitrogens with two attached hydrogens (primary N) is 1. The van der Waals surface area contributed by atoms with Gasteiger partial charge in [-0.15, -0.1) is 0 Å². The SMILES string of the molecule is CN(C)[C@H]1CCN(c2ccc(N)cc2NC(=O)OC(C)(C)C)C1.